The Labute approximate surface area is 108 Å². The zero-order valence-corrected chi connectivity index (χ0v) is 11.7. The largest absolute Gasteiger partial charge is 0.388 e. The molecule has 1 atom stereocenters. The molecule has 5 heteroatoms. The van der Waals surface area contributed by atoms with Crippen molar-refractivity contribution in [1.82, 2.24) is 15.1 Å². The summed E-state index contributed by atoms with van der Waals surface area (Å²) in [7, 11) is 1.79. The molecule has 0 spiro atoms. The lowest BCUT2D eigenvalue weighted by molar-refractivity contribution is 0.0469. The zero-order valence-electron chi connectivity index (χ0n) is 11.7. The first-order valence-electron chi connectivity index (χ1n) is 6.42. The normalized spacial score (nSPS) is 14.3. The van der Waals surface area contributed by atoms with Gasteiger partial charge in [-0.3, -0.25) is 9.48 Å². The van der Waals surface area contributed by atoms with Crippen molar-refractivity contribution in [3.05, 3.63) is 17.5 Å². The minimum absolute atomic E-state index is 0.170. The number of hydrogen-bond donors (Lipinski definition) is 2. The average molecular weight is 253 g/mol. The van der Waals surface area contributed by atoms with Gasteiger partial charge in [-0.1, -0.05) is 20.3 Å². The first kappa shape index (κ1) is 14.7. The van der Waals surface area contributed by atoms with Gasteiger partial charge >= 0.3 is 0 Å². The van der Waals surface area contributed by atoms with Crippen molar-refractivity contribution in [2.75, 3.05) is 6.54 Å². The van der Waals surface area contributed by atoms with Crippen molar-refractivity contribution in [2.45, 2.75) is 45.6 Å². The van der Waals surface area contributed by atoms with Crippen molar-refractivity contribution < 1.29 is 9.90 Å². The summed E-state index contributed by atoms with van der Waals surface area (Å²) in [5.41, 5.74) is 0.524. The third-order valence-corrected chi connectivity index (χ3v) is 2.90. The Kier molecular flexibility index (Phi) is 4.90. The van der Waals surface area contributed by atoms with Crippen LogP contribution in [0.4, 0.5) is 0 Å². The van der Waals surface area contributed by atoms with Crippen LogP contribution in [0.3, 0.4) is 0 Å². The molecule has 102 valence electrons. The van der Waals surface area contributed by atoms with Crippen LogP contribution in [-0.4, -0.2) is 32.9 Å². The van der Waals surface area contributed by atoms with E-state index in [0.29, 0.717) is 12.0 Å². The van der Waals surface area contributed by atoms with Gasteiger partial charge in [0, 0.05) is 19.8 Å². The molecule has 18 heavy (non-hydrogen) atoms. The first-order chi connectivity index (χ1) is 8.39. The van der Waals surface area contributed by atoms with Crippen LogP contribution in [0.5, 0.6) is 0 Å². The highest BCUT2D eigenvalue weighted by molar-refractivity contribution is 5.95. The summed E-state index contributed by atoms with van der Waals surface area (Å²) in [4.78, 5) is 12.0. The van der Waals surface area contributed by atoms with Gasteiger partial charge in [-0.15, -0.1) is 0 Å². The maximum Gasteiger partial charge on any atom is 0.254 e. The van der Waals surface area contributed by atoms with Gasteiger partial charge in [0.1, 0.15) is 0 Å². The van der Waals surface area contributed by atoms with E-state index < -0.39 is 5.60 Å². The van der Waals surface area contributed by atoms with E-state index in [4.69, 9.17) is 0 Å². The van der Waals surface area contributed by atoms with E-state index in [1.807, 2.05) is 13.8 Å². The number of rotatable bonds is 6. The lowest BCUT2D eigenvalue weighted by atomic mass is 10.0. The Morgan fingerprint density at radius 3 is 2.78 bits per heavy atom. The van der Waals surface area contributed by atoms with Gasteiger partial charge in [0.05, 0.1) is 16.9 Å². The summed E-state index contributed by atoms with van der Waals surface area (Å²) in [6, 6.07) is 0. The Hall–Kier alpha value is -1.36. The zero-order chi connectivity index (χ0) is 13.8. The van der Waals surface area contributed by atoms with Gasteiger partial charge in [0.25, 0.3) is 5.91 Å². The number of carbonyl (C=O) groups is 1. The van der Waals surface area contributed by atoms with E-state index in [0.717, 1.165) is 18.5 Å². The number of amides is 1. The van der Waals surface area contributed by atoms with Crippen LogP contribution < -0.4 is 5.32 Å². The van der Waals surface area contributed by atoms with Crippen LogP contribution in [0, 0.1) is 0 Å². The summed E-state index contributed by atoms with van der Waals surface area (Å²) in [6.45, 7) is 5.97. The molecule has 1 aromatic rings. The van der Waals surface area contributed by atoms with Gasteiger partial charge in [-0.25, -0.2) is 0 Å². The predicted octanol–water partition coefficient (Wildman–Crippen LogP) is 1.26. The summed E-state index contributed by atoms with van der Waals surface area (Å²) in [5, 5.41) is 17.0. The van der Waals surface area contributed by atoms with E-state index in [9.17, 15) is 9.90 Å². The fourth-order valence-electron chi connectivity index (χ4n) is 1.98. The Bertz CT molecular complexity index is 410. The first-order valence-corrected chi connectivity index (χ1v) is 6.42. The average Bonchev–Trinajstić information content (AvgIpc) is 2.67. The molecule has 0 radical (unpaired) electrons. The molecule has 0 fully saturated rings. The van der Waals surface area contributed by atoms with Crippen molar-refractivity contribution in [1.29, 1.82) is 0 Å². The Balaban J connectivity index is 2.65. The number of aryl methyl sites for hydroxylation is 2. The molecular weight excluding hydrogens is 230 g/mol. The SMILES string of the molecule is CCCC(C)(O)CNC(=O)c1cn(C)nc1CC. The van der Waals surface area contributed by atoms with Crippen molar-refractivity contribution >= 4 is 5.91 Å². The van der Waals surface area contributed by atoms with Crippen LogP contribution in [0.1, 0.15) is 49.7 Å². The number of hydrogen-bond acceptors (Lipinski definition) is 3. The standard InChI is InChI=1S/C13H23N3O2/c1-5-7-13(3,18)9-14-12(17)10-8-16(4)15-11(10)6-2/h8,18H,5-7,9H2,1-4H3,(H,14,17). The molecule has 5 nitrogen and oxygen atoms in total. The van der Waals surface area contributed by atoms with Crippen molar-refractivity contribution in [3.63, 3.8) is 0 Å². The van der Waals surface area contributed by atoms with E-state index in [2.05, 4.69) is 10.4 Å². The molecule has 0 saturated carbocycles. The highest BCUT2D eigenvalue weighted by Crippen LogP contribution is 2.11. The molecule has 0 aliphatic heterocycles. The third kappa shape index (κ3) is 3.84. The minimum atomic E-state index is -0.848. The molecule has 0 aromatic carbocycles. The van der Waals surface area contributed by atoms with Gasteiger partial charge in [-0.05, 0) is 19.8 Å². The monoisotopic (exact) mass is 253 g/mol. The molecule has 1 amide bonds. The van der Waals surface area contributed by atoms with Crippen LogP contribution in [0.2, 0.25) is 0 Å². The number of nitrogens with zero attached hydrogens (tertiary/aromatic N) is 2. The smallest absolute Gasteiger partial charge is 0.254 e. The van der Waals surface area contributed by atoms with E-state index in [-0.39, 0.29) is 12.5 Å². The molecule has 1 heterocycles. The predicted molar refractivity (Wildman–Crippen MR) is 70.5 cm³/mol. The molecule has 0 aliphatic rings. The highest BCUT2D eigenvalue weighted by atomic mass is 16.3. The van der Waals surface area contributed by atoms with Crippen molar-refractivity contribution in [2.24, 2.45) is 7.05 Å². The molecule has 0 aliphatic carbocycles. The van der Waals surface area contributed by atoms with E-state index in [1.54, 1.807) is 24.9 Å². The van der Waals surface area contributed by atoms with Gasteiger partial charge in [-0.2, -0.15) is 5.10 Å². The number of aromatic nitrogens is 2. The molecule has 0 saturated heterocycles. The van der Waals surface area contributed by atoms with Gasteiger partial charge in [0.2, 0.25) is 0 Å². The topological polar surface area (TPSA) is 67.2 Å². The molecule has 1 unspecified atom stereocenters. The second-order valence-corrected chi connectivity index (χ2v) is 4.95. The molecule has 0 bridgehead atoms. The Morgan fingerprint density at radius 1 is 1.56 bits per heavy atom. The molecule has 1 aromatic heterocycles. The maximum atomic E-state index is 12.0. The summed E-state index contributed by atoms with van der Waals surface area (Å²) >= 11 is 0. The number of aliphatic hydroxyl groups is 1. The molecular formula is C13H23N3O2. The second kappa shape index (κ2) is 6.00. The summed E-state index contributed by atoms with van der Waals surface area (Å²) in [6.07, 6.45) is 3.98. The fraction of sp³-hybridized carbons (Fsp3) is 0.692. The number of nitrogens with one attached hydrogen (secondary N) is 1. The van der Waals surface area contributed by atoms with Crippen LogP contribution in [-0.2, 0) is 13.5 Å². The number of carbonyl (C=O) groups excluding carboxylic acids is 1. The highest BCUT2D eigenvalue weighted by Gasteiger charge is 2.21. The second-order valence-electron chi connectivity index (χ2n) is 4.95. The molecule has 2 N–H and O–H groups in total. The molecule has 1 rings (SSSR count). The lowest BCUT2D eigenvalue weighted by Crippen LogP contribution is -2.40. The van der Waals surface area contributed by atoms with E-state index >= 15 is 0 Å². The van der Waals surface area contributed by atoms with Crippen molar-refractivity contribution in [3.8, 4) is 0 Å². The summed E-state index contributed by atoms with van der Waals surface area (Å²) < 4.78 is 1.64. The van der Waals surface area contributed by atoms with Crippen LogP contribution in [0.15, 0.2) is 6.20 Å². The quantitative estimate of drug-likeness (QED) is 0.802. The Morgan fingerprint density at radius 2 is 2.22 bits per heavy atom. The van der Waals surface area contributed by atoms with Crippen LogP contribution >= 0.6 is 0 Å². The third-order valence-electron chi connectivity index (χ3n) is 2.90. The summed E-state index contributed by atoms with van der Waals surface area (Å²) in [5.74, 6) is -0.170. The maximum absolute atomic E-state index is 12.0. The van der Waals surface area contributed by atoms with Gasteiger partial charge < -0.3 is 10.4 Å². The minimum Gasteiger partial charge on any atom is -0.388 e. The lowest BCUT2D eigenvalue weighted by Gasteiger charge is -2.22. The van der Waals surface area contributed by atoms with Crippen LogP contribution in [0.25, 0.3) is 0 Å². The van der Waals surface area contributed by atoms with E-state index in [1.165, 1.54) is 0 Å². The fourth-order valence-corrected chi connectivity index (χ4v) is 1.98. The van der Waals surface area contributed by atoms with Gasteiger partial charge in [0.15, 0.2) is 0 Å².